The van der Waals surface area contributed by atoms with Gasteiger partial charge < -0.3 is 14.8 Å². The standard InChI is InChI=1S/C16H25NO2/c1-4-5-6-7-8-11-17-13-14-9-10-15(18-2)12-16(14)19-3/h4,9-10,12,17H,1,5-8,11,13H2,2-3H3. The smallest absolute Gasteiger partial charge is 0.127 e. The highest BCUT2D eigenvalue weighted by Crippen LogP contribution is 2.24. The van der Waals surface area contributed by atoms with Crippen LogP contribution in [-0.4, -0.2) is 20.8 Å². The van der Waals surface area contributed by atoms with Crippen LogP contribution in [0.5, 0.6) is 11.5 Å². The van der Waals surface area contributed by atoms with Crippen LogP contribution in [0.25, 0.3) is 0 Å². The van der Waals surface area contributed by atoms with E-state index in [9.17, 15) is 0 Å². The number of nitrogens with one attached hydrogen (secondary N) is 1. The number of benzene rings is 1. The average molecular weight is 263 g/mol. The topological polar surface area (TPSA) is 30.5 Å². The van der Waals surface area contributed by atoms with Gasteiger partial charge in [0.25, 0.3) is 0 Å². The Labute approximate surface area is 116 Å². The van der Waals surface area contributed by atoms with E-state index in [-0.39, 0.29) is 0 Å². The van der Waals surface area contributed by atoms with Crippen LogP contribution in [0.1, 0.15) is 31.2 Å². The maximum atomic E-state index is 5.37. The lowest BCUT2D eigenvalue weighted by Crippen LogP contribution is -2.15. The molecule has 0 aliphatic rings. The lowest BCUT2D eigenvalue weighted by Gasteiger charge is -2.11. The molecule has 0 aliphatic heterocycles. The SMILES string of the molecule is C=CCCCCCNCc1ccc(OC)cc1OC. The Morgan fingerprint density at radius 1 is 1.16 bits per heavy atom. The van der Waals surface area contributed by atoms with Crippen LogP contribution < -0.4 is 14.8 Å². The van der Waals surface area contributed by atoms with Gasteiger partial charge in [0.15, 0.2) is 0 Å². The van der Waals surface area contributed by atoms with Gasteiger partial charge in [-0.25, -0.2) is 0 Å². The zero-order valence-electron chi connectivity index (χ0n) is 12.1. The minimum Gasteiger partial charge on any atom is -0.497 e. The molecular formula is C16H25NO2. The van der Waals surface area contributed by atoms with Crippen molar-refractivity contribution < 1.29 is 9.47 Å². The molecule has 0 atom stereocenters. The van der Waals surface area contributed by atoms with Crippen molar-refractivity contribution in [2.24, 2.45) is 0 Å². The average Bonchev–Trinajstić information content (AvgIpc) is 2.46. The summed E-state index contributed by atoms with van der Waals surface area (Å²) in [5.41, 5.74) is 1.16. The highest BCUT2D eigenvalue weighted by Gasteiger charge is 2.04. The summed E-state index contributed by atoms with van der Waals surface area (Å²) < 4.78 is 10.6. The number of hydrogen-bond donors (Lipinski definition) is 1. The molecule has 0 bridgehead atoms. The van der Waals surface area contributed by atoms with Crippen LogP contribution >= 0.6 is 0 Å². The fourth-order valence-electron chi connectivity index (χ4n) is 1.94. The Bertz CT molecular complexity index is 377. The molecule has 0 spiro atoms. The second-order valence-electron chi connectivity index (χ2n) is 4.49. The minimum atomic E-state index is 0.824. The van der Waals surface area contributed by atoms with E-state index >= 15 is 0 Å². The van der Waals surface area contributed by atoms with Gasteiger partial charge in [-0.15, -0.1) is 6.58 Å². The monoisotopic (exact) mass is 263 g/mol. The molecule has 1 rings (SSSR count). The van der Waals surface area contributed by atoms with Gasteiger partial charge in [0, 0.05) is 18.2 Å². The Balaban J connectivity index is 2.30. The van der Waals surface area contributed by atoms with Gasteiger partial charge in [0.05, 0.1) is 14.2 Å². The highest BCUT2D eigenvalue weighted by molar-refractivity contribution is 5.40. The molecule has 0 aliphatic carbocycles. The zero-order valence-corrected chi connectivity index (χ0v) is 12.1. The van der Waals surface area contributed by atoms with Gasteiger partial charge in [-0.05, 0) is 31.9 Å². The lowest BCUT2D eigenvalue weighted by molar-refractivity contribution is 0.389. The third-order valence-electron chi connectivity index (χ3n) is 3.07. The molecule has 19 heavy (non-hydrogen) atoms. The molecule has 3 heteroatoms. The highest BCUT2D eigenvalue weighted by atomic mass is 16.5. The number of unbranched alkanes of at least 4 members (excludes halogenated alkanes) is 3. The first kappa shape index (κ1) is 15.6. The van der Waals surface area contributed by atoms with Crippen molar-refractivity contribution in [3.05, 3.63) is 36.4 Å². The minimum absolute atomic E-state index is 0.824. The number of methoxy groups -OCH3 is 2. The van der Waals surface area contributed by atoms with E-state index in [0.717, 1.165) is 36.6 Å². The summed E-state index contributed by atoms with van der Waals surface area (Å²) >= 11 is 0. The van der Waals surface area contributed by atoms with Crippen molar-refractivity contribution in [1.82, 2.24) is 5.32 Å². The van der Waals surface area contributed by atoms with Crippen molar-refractivity contribution in [1.29, 1.82) is 0 Å². The fraction of sp³-hybridized carbons (Fsp3) is 0.500. The summed E-state index contributed by atoms with van der Waals surface area (Å²) in [4.78, 5) is 0. The van der Waals surface area contributed by atoms with E-state index in [1.807, 2.05) is 24.3 Å². The summed E-state index contributed by atoms with van der Waals surface area (Å²) in [6.45, 7) is 5.59. The van der Waals surface area contributed by atoms with Crippen molar-refractivity contribution >= 4 is 0 Å². The van der Waals surface area contributed by atoms with Gasteiger partial charge >= 0.3 is 0 Å². The molecule has 106 valence electrons. The first-order valence-corrected chi connectivity index (χ1v) is 6.84. The Kier molecular flexibility index (Phi) is 7.75. The Hall–Kier alpha value is -1.48. The second-order valence-corrected chi connectivity index (χ2v) is 4.49. The van der Waals surface area contributed by atoms with E-state index in [1.54, 1.807) is 14.2 Å². The van der Waals surface area contributed by atoms with E-state index in [4.69, 9.17) is 9.47 Å². The molecular weight excluding hydrogens is 238 g/mol. The first-order chi connectivity index (χ1) is 9.31. The number of rotatable bonds is 10. The van der Waals surface area contributed by atoms with Crippen molar-refractivity contribution in [3.8, 4) is 11.5 Å². The maximum Gasteiger partial charge on any atom is 0.127 e. The van der Waals surface area contributed by atoms with E-state index in [2.05, 4.69) is 11.9 Å². The number of ether oxygens (including phenoxy) is 2. The van der Waals surface area contributed by atoms with Gasteiger partial charge in [0.2, 0.25) is 0 Å². The molecule has 0 amide bonds. The molecule has 0 saturated carbocycles. The van der Waals surface area contributed by atoms with Crippen LogP contribution in [0.2, 0.25) is 0 Å². The first-order valence-electron chi connectivity index (χ1n) is 6.84. The molecule has 0 unspecified atom stereocenters. The summed E-state index contributed by atoms with van der Waals surface area (Å²) in [5, 5.41) is 3.44. The predicted molar refractivity (Wildman–Crippen MR) is 79.9 cm³/mol. The normalized spacial score (nSPS) is 10.2. The van der Waals surface area contributed by atoms with Gasteiger partial charge in [0.1, 0.15) is 11.5 Å². The molecule has 1 aromatic carbocycles. The van der Waals surface area contributed by atoms with E-state index < -0.39 is 0 Å². The number of allylic oxidation sites excluding steroid dienone is 1. The fourth-order valence-corrected chi connectivity index (χ4v) is 1.94. The van der Waals surface area contributed by atoms with E-state index in [1.165, 1.54) is 19.3 Å². The predicted octanol–water partition coefficient (Wildman–Crippen LogP) is 3.54. The largest absolute Gasteiger partial charge is 0.497 e. The van der Waals surface area contributed by atoms with Crippen molar-refractivity contribution in [3.63, 3.8) is 0 Å². The third-order valence-corrected chi connectivity index (χ3v) is 3.07. The molecule has 1 N–H and O–H groups in total. The molecule has 0 heterocycles. The molecule has 0 radical (unpaired) electrons. The van der Waals surface area contributed by atoms with Crippen LogP contribution in [0.15, 0.2) is 30.9 Å². The molecule has 3 nitrogen and oxygen atoms in total. The Morgan fingerprint density at radius 2 is 2.00 bits per heavy atom. The summed E-state index contributed by atoms with van der Waals surface area (Å²) in [6, 6.07) is 5.92. The van der Waals surface area contributed by atoms with Crippen LogP contribution in [-0.2, 0) is 6.54 Å². The summed E-state index contributed by atoms with van der Waals surface area (Å²) in [6.07, 6.45) is 6.78. The number of hydrogen-bond acceptors (Lipinski definition) is 3. The quantitative estimate of drug-likeness (QED) is 0.517. The molecule has 0 saturated heterocycles. The molecule has 0 aromatic heterocycles. The van der Waals surface area contributed by atoms with E-state index in [0.29, 0.717) is 0 Å². The zero-order chi connectivity index (χ0) is 13.9. The maximum absolute atomic E-state index is 5.37. The summed E-state index contributed by atoms with van der Waals surface area (Å²) in [5.74, 6) is 1.70. The van der Waals surface area contributed by atoms with Crippen LogP contribution in [0.4, 0.5) is 0 Å². The third kappa shape index (κ3) is 5.79. The van der Waals surface area contributed by atoms with Crippen LogP contribution in [0, 0.1) is 0 Å². The molecule has 0 fully saturated rings. The van der Waals surface area contributed by atoms with Crippen LogP contribution in [0.3, 0.4) is 0 Å². The van der Waals surface area contributed by atoms with Gasteiger partial charge in [-0.2, -0.15) is 0 Å². The molecule has 1 aromatic rings. The van der Waals surface area contributed by atoms with Crippen molar-refractivity contribution in [2.45, 2.75) is 32.2 Å². The Morgan fingerprint density at radius 3 is 2.68 bits per heavy atom. The van der Waals surface area contributed by atoms with Gasteiger partial charge in [-0.1, -0.05) is 18.6 Å². The van der Waals surface area contributed by atoms with Gasteiger partial charge in [-0.3, -0.25) is 0 Å². The summed E-state index contributed by atoms with van der Waals surface area (Å²) in [7, 11) is 3.35. The lowest BCUT2D eigenvalue weighted by atomic mass is 10.1. The van der Waals surface area contributed by atoms with Crippen molar-refractivity contribution in [2.75, 3.05) is 20.8 Å². The second kappa shape index (κ2) is 9.45.